The highest BCUT2D eigenvalue weighted by Crippen LogP contribution is 2.26. The van der Waals surface area contributed by atoms with Gasteiger partial charge in [0.15, 0.2) is 18.7 Å². The molecule has 0 bridgehead atoms. The van der Waals surface area contributed by atoms with Crippen molar-refractivity contribution in [1.29, 1.82) is 0 Å². The van der Waals surface area contributed by atoms with E-state index in [4.69, 9.17) is 28.4 Å². The van der Waals surface area contributed by atoms with Crippen LogP contribution in [0.15, 0.2) is 48.6 Å². The van der Waals surface area contributed by atoms with Gasteiger partial charge in [-0.2, -0.15) is 0 Å². The molecule has 15 nitrogen and oxygen atoms in total. The second kappa shape index (κ2) is 33.9. The molecule has 2 aliphatic rings. The predicted molar refractivity (Wildman–Crippen MR) is 229 cm³/mol. The van der Waals surface area contributed by atoms with Gasteiger partial charge in [0.2, 0.25) is 0 Å². The molecule has 15 heteroatoms. The van der Waals surface area contributed by atoms with Crippen LogP contribution in [0.2, 0.25) is 0 Å². The highest BCUT2D eigenvalue weighted by Gasteiger charge is 2.47. The molecule has 0 aromatic heterocycles. The molecule has 2 aliphatic heterocycles. The van der Waals surface area contributed by atoms with E-state index in [2.05, 4.69) is 62.5 Å². The molecule has 0 aliphatic carbocycles. The number of unbranched alkanes of at least 4 members (excludes halogenated alkanes) is 11. The Balaban J connectivity index is 1.85. The molecule has 0 amide bonds. The number of aliphatic hydroxyl groups is 7. The summed E-state index contributed by atoms with van der Waals surface area (Å²) in [5.41, 5.74) is 0. The van der Waals surface area contributed by atoms with E-state index in [0.29, 0.717) is 12.8 Å². The Morgan fingerprint density at radius 3 is 1.62 bits per heavy atom. The first kappa shape index (κ1) is 54.6. The van der Waals surface area contributed by atoms with Crippen LogP contribution < -0.4 is 0 Å². The average Bonchev–Trinajstić information content (AvgIpc) is 3.25. The monoisotopic (exact) mass is 871 g/mol. The number of allylic oxidation sites excluding steroid dienone is 8. The maximum atomic E-state index is 12.9. The molecule has 0 saturated carbocycles. The Kier molecular flexibility index (Phi) is 30.4. The first-order valence-electron chi connectivity index (χ1n) is 22.7. The first-order chi connectivity index (χ1) is 29.5. The zero-order valence-electron chi connectivity index (χ0n) is 36.6. The molecule has 2 rings (SSSR count). The summed E-state index contributed by atoms with van der Waals surface area (Å²) in [4.78, 5) is 25.5. The Morgan fingerprint density at radius 2 is 1.03 bits per heavy atom. The van der Waals surface area contributed by atoms with Crippen LogP contribution >= 0.6 is 0 Å². The largest absolute Gasteiger partial charge is 0.462 e. The molecular weight excluding hydrogens is 792 g/mol. The van der Waals surface area contributed by atoms with Gasteiger partial charge in [-0.25, -0.2) is 0 Å². The molecule has 0 aromatic rings. The number of hydrogen-bond donors (Lipinski definition) is 7. The molecule has 61 heavy (non-hydrogen) atoms. The summed E-state index contributed by atoms with van der Waals surface area (Å²) in [5.74, 6) is -0.962. The Bertz CT molecular complexity index is 1260. The Hall–Kier alpha value is -2.54. The lowest BCUT2D eigenvalue weighted by molar-refractivity contribution is -0.332. The van der Waals surface area contributed by atoms with Crippen molar-refractivity contribution in [2.24, 2.45) is 0 Å². The van der Waals surface area contributed by atoms with Gasteiger partial charge in [-0.05, 0) is 51.4 Å². The Labute approximate surface area is 363 Å². The fourth-order valence-corrected chi connectivity index (χ4v) is 6.79. The lowest BCUT2D eigenvalue weighted by atomic mass is 9.98. The zero-order chi connectivity index (χ0) is 44.7. The Morgan fingerprint density at radius 1 is 0.541 bits per heavy atom. The molecule has 7 N–H and O–H groups in total. The maximum absolute atomic E-state index is 12.9. The van der Waals surface area contributed by atoms with Crippen molar-refractivity contribution in [2.45, 2.75) is 203 Å². The number of carbonyl (C=O) groups is 2. The number of rotatable bonds is 33. The summed E-state index contributed by atoms with van der Waals surface area (Å²) in [6.07, 6.45) is 17.4. The van der Waals surface area contributed by atoms with Crippen LogP contribution in [0.4, 0.5) is 0 Å². The number of hydrogen-bond acceptors (Lipinski definition) is 15. The lowest BCUT2D eigenvalue weighted by Crippen LogP contribution is -2.61. The van der Waals surface area contributed by atoms with Gasteiger partial charge in [-0.15, -0.1) is 0 Å². The minimum atomic E-state index is -1.77. The quantitative estimate of drug-likeness (QED) is 0.0268. The number of carbonyl (C=O) groups excluding carboxylic acids is 2. The van der Waals surface area contributed by atoms with Crippen LogP contribution in [0.1, 0.15) is 136 Å². The normalized spacial score (nSPS) is 27.8. The van der Waals surface area contributed by atoms with E-state index >= 15 is 0 Å². The zero-order valence-corrected chi connectivity index (χ0v) is 36.6. The van der Waals surface area contributed by atoms with Crippen molar-refractivity contribution in [2.75, 3.05) is 26.4 Å². The van der Waals surface area contributed by atoms with Gasteiger partial charge < -0.3 is 64.2 Å². The van der Waals surface area contributed by atoms with Crippen molar-refractivity contribution >= 4 is 11.9 Å². The van der Waals surface area contributed by atoms with E-state index < -0.39 is 99.3 Å². The minimum Gasteiger partial charge on any atom is -0.462 e. The number of esters is 2. The molecule has 2 heterocycles. The molecule has 11 atom stereocenters. The van der Waals surface area contributed by atoms with E-state index in [9.17, 15) is 45.3 Å². The van der Waals surface area contributed by atoms with Crippen LogP contribution in [-0.2, 0) is 38.0 Å². The molecule has 0 radical (unpaired) electrons. The molecular formula is C46H78O15. The molecule has 2 saturated heterocycles. The van der Waals surface area contributed by atoms with E-state index in [1.165, 1.54) is 25.7 Å². The second-order valence-corrected chi connectivity index (χ2v) is 15.9. The van der Waals surface area contributed by atoms with Crippen LogP contribution in [0.3, 0.4) is 0 Å². The summed E-state index contributed by atoms with van der Waals surface area (Å²) < 4.78 is 33.4. The van der Waals surface area contributed by atoms with Gasteiger partial charge in [0, 0.05) is 12.8 Å². The highest BCUT2D eigenvalue weighted by atomic mass is 16.7. The third-order valence-electron chi connectivity index (χ3n) is 10.6. The fraction of sp³-hybridized carbons (Fsp3) is 0.783. The molecule has 352 valence electrons. The van der Waals surface area contributed by atoms with Crippen LogP contribution in [0.5, 0.6) is 0 Å². The summed E-state index contributed by atoms with van der Waals surface area (Å²) >= 11 is 0. The van der Waals surface area contributed by atoms with Gasteiger partial charge in [0.05, 0.1) is 19.8 Å². The maximum Gasteiger partial charge on any atom is 0.306 e. The highest BCUT2D eigenvalue weighted by molar-refractivity contribution is 5.70. The summed E-state index contributed by atoms with van der Waals surface area (Å²) in [5, 5.41) is 71.8. The van der Waals surface area contributed by atoms with Crippen LogP contribution in [0.25, 0.3) is 0 Å². The van der Waals surface area contributed by atoms with Crippen LogP contribution in [0, 0.1) is 0 Å². The predicted octanol–water partition coefficient (Wildman–Crippen LogP) is 4.76. The second-order valence-electron chi connectivity index (χ2n) is 15.9. The SMILES string of the molecule is CC/C=C\C/C=C\C/C=C\C/C=C\CCCCCCC(=O)OC(COC(=O)CCCCCCCCCC)COC1OC(COC2OC(CO)C(O)C(O)C2O)C(O)C(O)C1O. The molecule has 0 spiro atoms. The van der Waals surface area contributed by atoms with E-state index in [1.807, 2.05) is 0 Å². The fourth-order valence-electron chi connectivity index (χ4n) is 6.79. The van der Waals surface area contributed by atoms with Crippen molar-refractivity contribution in [3.8, 4) is 0 Å². The smallest absolute Gasteiger partial charge is 0.306 e. The molecule has 11 unspecified atom stereocenters. The minimum absolute atomic E-state index is 0.136. The van der Waals surface area contributed by atoms with Crippen molar-refractivity contribution < 1.29 is 73.8 Å². The summed E-state index contributed by atoms with van der Waals surface area (Å²) in [7, 11) is 0. The van der Waals surface area contributed by atoms with Crippen molar-refractivity contribution in [1.82, 2.24) is 0 Å². The lowest BCUT2D eigenvalue weighted by Gasteiger charge is -2.42. The summed E-state index contributed by atoms with van der Waals surface area (Å²) in [6.45, 7) is 2.38. The van der Waals surface area contributed by atoms with Gasteiger partial charge in [0.1, 0.15) is 55.4 Å². The van der Waals surface area contributed by atoms with Gasteiger partial charge in [-0.3, -0.25) is 9.59 Å². The standard InChI is InChI=1S/C46H78O15/c1-3-5-7-9-11-13-14-15-16-17-18-19-20-21-23-25-27-29-38(49)59-34(31-56-37(48)28-26-24-22-12-10-8-6-4-2)32-57-45-44(55)42(53)40(51)36(61-45)33-58-46-43(54)41(52)39(50)35(30-47)60-46/h5,7,11,13,15-16,18-19,34-36,39-47,50-55H,3-4,6,8-10,12,14,17,20-33H2,1-2H3/b7-5-,13-11-,16-15-,19-18-. The molecule has 0 aromatic carbocycles. The van der Waals surface area contributed by atoms with E-state index in [-0.39, 0.29) is 19.4 Å². The average molecular weight is 871 g/mol. The third-order valence-corrected chi connectivity index (χ3v) is 10.6. The summed E-state index contributed by atoms with van der Waals surface area (Å²) in [6, 6.07) is 0. The van der Waals surface area contributed by atoms with Crippen LogP contribution in [-0.4, -0.2) is 142 Å². The van der Waals surface area contributed by atoms with Crippen molar-refractivity contribution in [3.63, 3.8) is 0 Å². The van der Waals surface area contributed by atoms with Gasteiger partial charge in [0.25, 0.3) is 0 Å². The first-order valence-corrected chi connectivity index (χ1v) is 22.7. The van der Waals surface area contributed by atoms with Gasteiger partial charge in [-0.1, -0.05) is 120 Å². The number of ether oxygens (including phenoxy) is 6. The van der Waals surface area contributed by atoms with E-state index in [0.717, 1.165) is 70.6 Å². The van der Waals surface area contributed by atoms with Crippen molar-refractivity contribution in [3.05, 3.63) is 48.6 Å². The topological polar surface area (TPSA) is 231 Å². The van der Waals surface area contributed by atoms with Gasteiger partial charge >= 0.3 is 11.9 Å². The molecule has 2 fully saturated rings. The van der Waals surface area contributed by atoms with E-state index in [1.54, 1.807) is 0 Å². The third kappa shape index (κ3) is 23.1. The number of aliphatic hydroxyl groups excluding tert-OH is 7.